The van der Waals surface area contributed by atoms with Crippen LogP contribution in [0.3, 0.4) is 0 Å². The summed E-state index contributed by atoms with van der Waals surface area (Å²) in [4.78, 5) is 14.6. The van der Waals surface area contributed by atoms with Crippen LogP contribution in [0, 0.1) is 0 Å². The molecule has 2 aromatic rings. The Hall–Kier alpha value is -1.90. The number of carbonyl (C=O) groups excluding carboxylic acids is 1. The maximum absolute atomic E-state index is 13.1. The monoisotopic (exact) mass is 384 g/mol. The van der Waals surface area contributed by atoms with Crippen molar-refractivity contribution in [2.75, 3.05) is 32.8 Å². The molecule has 0 spiro atoms. The number of benzene rings is 1. The number of ether oxygens (including phenoxy) is 1. The number of alkyl halides is 3. The van der Waals surface area contributed by atoms with Crippen molar-refractivity contribution in [1.29, 1.82) is 0 Å². The third-order valence-corrected chi connectivity index (χ3v) is 5.05. The smallest absolute Gasteiger partial charge is 0.379 e. The summed E-state index contributed by atoms with van der Waals surface area (Å²) in [5, 5.41) is 6.62. The van der Waals surface area contributed by atoms with E-state index in [-0.39, 0.29) is 18.2 Å². The predicted molar refractivity (Wildman–Crippen MR) is 93.2 cm³/mol. The van der Waals surface area contributed by atoms with Crippen LogP contribution in [0.4, 0.5) is 13.2 Å². The van der Waals surface area contributed by atoms with Crippen LogP contribution in [0.5, 0.6) is 0 Å². The summed E-state index contributed by atoms with van der Waals surface area (Å²) in [5.74, 6) is -0.716. The molecule has 1 amide bonds. The van der Waals surface area contributed by atoms with Crippen molar-refractivity contribution in [1.82, 2.24) is 10.2 Å². The average molecular weight is 384 g/mol. The minimum Gasteiger partial charge on any atom is -0.379 e. The molecule has 0 aliphatic carbocycles. The van der Waals surface area contributed by atoms with E-state index in [0.29, 0.717) is 13.2 Å². The molecule has 1 aliphatic heterocycles. The topological polar surface area (TPSA) is 41.6 Å². The number of rotatable bonds is 5. The summed E-state index contributed by atoms with van der Waals surface area (Å²) < 4.78 is 44.7. The summed E-state index contributed by atoms with van der Waals surface area (Å²) >= 11 is 1.55. The van der Waals surface area contributed by atoms with E-state index in [1.807, 2.05) is 16.8 Å². The number of halogens is 3. The second kappa shape index (κ2) is 8.20. The molecule has 1 aromatic carbocycles. The fourth-order valence-electron chi connectivity index (χ4n) is 3.02. The van der Waals surface area contributed by atoms with Crippen LogP contribution in [0.2, 0.25) is 0 Å². The van der Waals surface area contributed by atoms with Crippen molar-refractivity contribution in [2.45, 2.75) is 12.2 Å². The highest BCUT2D eigenvalue weighted by Gasteiger charge is 2.35. The first kappa shape index (κ1) is 18.9. The van der Waals surface area contributed by atoms with Crippen LogP contribution in [0.15, 0.2) is 41.1 Å². The van der Waals surface area contributed by atoms with E-state index < -0.39 is 17.6 Å². The Morgan fingerprint density at radius 2 is 1.96 bits per heavy atom. The number of amides is 1. The Bertz CT molecular complexity index is 728. The lowest BCUT2D eigenvalue weighted by molar-refractivity contribution is -0.137. The van der Waals surface area contributed by atoms with Gasteiger partial charge in [-0.25, -0.2) is 0 Å². The first-order valence-corrected chi connectivity index (χ1v) is 9.19. The molecule has 8 heteroatoms. The molecule has 4 nitrogen and oxygen atoms in total. The van der Waals surface area contributed by atoms with E-state index in [1.165, 1.54) is 18.2 Å². The number of thiophene rings is 1. The molecule has 26 heavy (non-hydrogen) atoms. The zero-order chi connectivity index (χ0) is 18.6. The van der Waals surface area contributed by atoms with Gasteiger partial charge in [-0.3, -0.25) is 9.69 Å². The molecule has 1 aliphatic rings. The van der Waals surface area contributed by atoms with Gasteiger partial charge in [0.2, 0.25) is 0 Å². The molecule has 1 saturated heterocycles. The number of carbonyl (C=O) groups is 1. The first-order chi connectivity index (χ1) is 12.5. The zero-order valence-corrected chi connectivity index (χ0v) is 14.8. The minimum absolute atomic E-state index is 0.0906. The molecule has 0 saturated carbocycles. The van der Waals surface area contributed by atoms with Crippen LogP contribution >= 0.6 is 11.3 Å². The third-order valence-electron chi connectivity index (χ3n) is 4.35. The Morgan fingerprint density at radius 3 is 2.62 bits per heavy atom. The van der Waals surface area contributed by atoms with Crippen LogP contribution in [0.25, 0.3) is 0 Å². The van der Waals surface area contributed by atoms with Gasteiger partial charge in [-0.05, 0) is 34.5 Å². The van der Waals surface area contributed by atoms with E-state index in [2.05, 4.69) is 10.2 Å². The quantitative estimate of drug-likeness (QED) is 0.857. The van der Waals surface area contributed by atoms with Crippen LogP contribution in [-0.4, -0.2) is 43.7 Å². The van der Waals surface area contributed by atoms with E-state index in [9.17, 15) is 18.0 Å². The van der Waals surface area contributed by atoms with Crippen molar-refractivity contribution in [2.24, 2.45) is 0 Å². The Labute approximate surface area is 153 Å². The molecular weight excluding hydrogens is 365 g/mol. The fraction of sp³-hybridized carbons (Fsp3) is 0.389. The van der Waals surface area contributed by atoms with Crippen molar-refractivity contribution in [3.8, 4) is 0 Å². The molecule has 3 rings (SSSR count). The van der Waals surface area contributed by atoms with E-state index in [1.54, 1.807) is 11.3 Å². The van der Waals surface area contributed by atoms with Crippen molar-refractivity contribution < 1.29 is 22.7 Å². The number of morpholine rings is 1. The molecule has 1 fully saturated rings. The van der Waals surface area contributed by atoms with Gasteiger partial charge in [-0.15, -0.1) is 0 Å². The SMILES string of the molecule is O=C(NCC(c1ccsc1)N1CCOCC1)c1ccccc1C(F)(F)F. The fourth-order valence-corrected chi connectivity index (χ4v) is 3.73. The number of hydrogen-bond donors (Lipinski definition) is 1. The highest BCUT2D eigenvalue weighted by molar-refractivity contribution is 7.07. The molecule has 0 bridgehead atoms. The molecule has 1 atom stereocenters. The Balaban J connectivity index is 1.74. The summed E-state index contributed by atoms with van der Waals surface area (Å²) in [5.41, 5.74) is -0.233. The summed E-state index contributed by atoms with van der Waals surface area (Å²) in [7, 11) is 0. The molecule has 140 valence electrons. The lowest BCUT2D eigenvalue weighted by Gasteiger charge is -2.34. The van der Waals surface area contributed by atoms with E-state index in [0.717, 1.165) is 24.7 Å². The van der Waals surface area contributed by atoms with Gasteiger partial charge in [0.25, 0.3) is 5.91 Å². The van der Waals surface area contributed by atoms with Crippen LogP contribution in [-0.2, 0) is 10.9 Å². The van der Waals surface area contributed by atoms with Crippen molar-refractivity contribution >= 4 is 17.2 Å². The predicted octanol–water partition coefficient (Wildman–Crippen LogP) is 3.57. The highest BCUT2D eigenvalue weighted by Crippen LogP contribution is 2.32. The van der Waals surface area contributed by atoms with Gasteiger partial charge in [0.1, 0.15) is 0 Å². The first-order valence-electron chi connectivity index (χ1n) is 8.25. The molecular formula is C18H19F3N2O2S. The average Bonchev–Trinajstić information content (AvgIpc) is 3.16. The van der Waals surface area contributed by atoms with Gasteiger partial charge >= 0.3 is 6.18 Å². The summed E-state index contributed by atoms with van der Waals surface area (Å²) in [6.45, 7) is 2.88. The van der Waals surface area contributed by atoms with Crippen LogP contribution in [0.1, 0.15) is 27.5 Å². The van der Waals surface area contributed by atoms with Crippen molar-refractivity contribution in [3.63, 3.8) is 0 Å². The molecule has 1 unspecified atom stereocenters. The largest absolute Gasteiger partial charge is 0.417 e. The van der Waals surface area contributed by atoms with Gasteiger partial charge in [-0.2, -0.15) is 24.5 Å². The zero-order valence-electron chi connectivity index (χ0n) is 14.0. The molecule has 1 N–H and O–H groups in total. The number of hydrogen-bond acceptors (Lipinski definition) is 4. The maximum atomic E-state index is 13.1. The Morgan fingerprint density at radius 1 is 1.23 bits per heavy atom. The van der Waals surface area contributed by atoms with E-state index >= 15 is 0 Å². The van der Waals surface area contributed by atoms with E-state index in [4.69, 9.17) is 4.74 Å². The molecule has 0 radical (unpaired) electrons. The standard InChI is InChI=1S/C18H19F3N2O2S/c19-18(20,21)15-4-2-1-3-14(15)17(24)22-11-16(13-5-10-26-12-13)23-6-8-25-9-7-23/h1-5,10,12,16H,6-9,11H2,(H,22,24). The third kappa shape index (κ3) is 4.44. The maximum Gasteiger partial charge on any atom is 0.417 e. The van der Waals surface area contributed by atoms with Crippen LogP contribution < -0.4 is 5.32 Å². The Kier molecular flexibility index (Phi) is 5.95. The minimum atomic E-state index is -4.56. The molecule has 2 heterocycles. The van der Waals surface area contributed by atoms with Gasteiger partial charge in [0.05, 0.1) is 30.4 Å². The number of nitrogens with zero attached hydrogens (tertiary/aromatic N) is 1. The number of nitrogens with one attached hydrogen (secondary N) is 1. The van der Waals surface area contributed by atoms with Gasteiger partial charge < -0.3 is 10.1 Å². The molecule has 1 aromatic heterocycles. The summed E-state index contributed by atoms with van der Waals surface area (Å²) in [6, 6.07) is 6.72. The summed E-state index contributed by atoms with van der Waals surface area (Å²) in [6.07, 6.45) is -4.56. The second-order valence-electron chi connectivity index (χ2n) is 5.97. The normalized spacial score (nSPS) is 17.0. The lowest BCUT2D eigenvalue weighted by atomic mass is 10.1. The van der Waals surface area contributed by atoms with Gasteiger partial charge in [0, 0.05) is 19.6 Å². The lowest BCUT2D eigenvalue weighted by Crippen LogP contribution is -2.43. The van der Waals surface area contributed by atoms with Gasteiger partial charge in [0.15, 0.2) is 0 Å². The highest BCUT2D eigenvalue weighted by atomic mass is 32.1. The van der Waals surface area contributed by atoms with Crippen molar-refractivity contribution in [3.05, 3.63) is 57.8 Å². The second-order valence-corrected chi connectivity index (χ2v) is 6.75. The van der Waals surface area contributed by atoms with Gasteiger partial charge in [-0.1, -0.05) is 12.1 Å².